The van der Waals surface area contributed by atoms with Crippen LogP contribution in [0.5, 0.6) is 0 Å². The van der Waals surface area contributed by atoms with Gasteiger partial charge in [0, 0.05) is 0 Å². The summed E-state index contributed by atoms with van der Waals surface area (Å²) in [5, 5.41) is 0. The first kappa shape index (κ1) is 27.7. The van der Waals surface area contributed by atoms with Crippen LogP contribution in [0.4, 0.5) is 0 Å². The van der Waals surface area contributed by atoms with Crippen LogP contribution < -0.4 is 0 Å². The molecule has 3 rings (SSSR count). The van der Waals surface area contributed by atoms with Gasteiger partial charge in [-0.3, -0.25) is 0 Å². The van der Waals surface area contributed by atoms with E-state index in [1.807, 2.05) is 36.4 Å². The number of fused-ring (bicyclic) bond motifs is 5. The summed E-state index contributed by atoms with van der Waals surface area (Å²) in [6.45, 7) is 17.0. The fraction of sp³-hybridized carbons (Fsp3) is 0.643. The highest BCUT2D eigenvalue weighted by atomic mass is 16.6. The van der Waals surface area contributed by atoms with Gasteiger partial charge in [-0.2, -0.15) is 0 Å². The maximum atomic E-state index is 6.27. The van der Waals surface area contributed by atoms with Gasteiger partial charge in [0.1, 0.15) is 12.2 Å². The zero-order chi connectivity index (χ0) is 25.3. The SMILES string of the molecule is CC(C)(C)[C@H]1OCCOCCOCCOCCO[C@H](C(C)(C)C)c2cccc(n2)-c2cccc1n2. The van der Waals surface area contributed by atoms with Gasteiger partial charge in [-0.1, -0.05) is 53.7 Å². The first-order chi connectivity index (χ1) is 16.7. The van der Waals surface area contributed by atoms with Crippen molar-refractivity contribution in [2.24, 2.45) is 10.8 Å². The first-order valence-electron chi connectivity index (χ1n) is 12.6. The van der Waals surface area contributed by atoms with Crippen molar-refractivity contribution in [1.29, 1.82) is 0 Å². The van der Waals surface area contributed by atoms with Gasteiger partial charge in [0.2, 0.25) is 0 Å². The van der Waals surface area contributed by atoms with E-state index in [0.717, 1.165) is 22.8 Å². The van der Waals surface area contributed by atoms with Gasteiger partial charge in [-0.15, -0.1) is 0 Å². The molecule has 0 unspecified atom stereocenters. The van der Waals surface area contributed by atoms with E-state index in [1.165, 1.54) is 0 Å². The van der Waals surface area contributed by atoms with Gasteiger partial charge in [-0.25, -0.2) is 9.97 Å². The molecule has 0 spiro atoms. The molecule has 0 radical (unpaired) electrons. The summed E-state index contributed by atoms with van der Waals surface area (Å²) in [4.78, 5) is 9.95. The normalized spacial score (nSPS) is 22.2. The minimum absolute atomic E-state index is 0.134. The molecule has 1 aliphatic heterocycles. The third-order valence-electron chi connectivity index (χ3n) is 5.68. The molecule has 4 bridgehead atoms. The Balaban J connectivity index is 1.91. The molecule has 0 saturated carbocycles. The van der Waals surface area contributed by atoms with E-state index in [-0.39, 0.29) is 23.0 Å². The molecule has 0 saturated heterocycles. The molecule has 1 aliphatic rings. The summed E-state index contributed by atoms with van der Waals surface area (Å²) in [6.07, 6.45) is -0.357. The van der Waals surface area contributed by atoms with Gasteiger partial charge in [0.25, 0.3) is 0 Å². The van der Waals surface area contributed by atoms with Gasteiger partial charge in [-0.05, 0) is 35.1 Å². The smallest absolute Gasteiger partial charge is 0.104 e. The molecule has 7 nitrogen and oxygen atoms in total. The molecule has 2 aromatic heterocycles. The Morgan fingerprint density at radius 1 is 0.543 bits per heavy atom. The van der Waals surface area contributed by atoms with Crippen LogP contribution in [0.1, 0.15) is 65.1 Å². The number of rotatable bonds is 0. The lowest BCUT2D eigenvalue weighted by atomic mass is 9.86. The third kappa shape index (κ3) is 8.62. The van der Waals surface area contributed by atoms with Crippen LogP contribution in [0.2, 0.25) is 0 Å². The Bertz CT molecular complexity index is 833. The zero-order valence-electron chi connectivity index (χ0n) is 22.2. The Labute approximate surface area is 210 Å². The number of pyridine rings is 2. The largest absolute Gasteiger partial charge is 0.377 e. The number of ether oxygens (including phenoxy) is 5. The van der Waals surface area contributed by atoms with E-state index in [9.17, 15) is 0 Å². The van der Waals surface area contributed by atoms with E-state index >= 15 is 0 Å². The highest BCUT2D eigenvalue weighted by Gasteiger charge is 2.30. The van der Waals surface area contributed by atoms with Crippen LogP contribution in [0.25, 0.3) is 11.4 Å². The first-order valence-corrected chi connectivity index (χ1v) is 12.6. The van der Waals surface area contributed by atoms with Crippen molar-refractivity contribution >= 4 is 0 Å². The van der Waals surface area contributed by atoms with Crippen molar-refractivity contribution in [3.63, 3.8) is 0 Å². The number of nitrogens with zero attached hydrogens (tertiary/aromatic N) is 2. The number of aromatic nitrogens is 2. The molecule has 194 valence electrons. The Kier molecular flexibility index (Phi) is 10.2. The molecule has 7 heteroatoms. The minimum Gasteiger partial charge on any atom is -0.377 e. The Hall–Kier alpha value is -1.90. The van der Waals surface area contributed by atoms with E-state index in [0.29, 0.717) is 52.9 Å². The average molecular weight is 487 g/mol. The molecular weight excluding hydrogens is 444 g/mol. The average Bonchev–Trinajstić information content (AvgIpc) is 2.79. The van der Waals surface area contributed by atoms with E-state index in [1.54, 1.807) is 0 Å². The fourth-order valence-corrected chi connectivity index (χ4v) is 4.03. The fourth-order valence-electron chi connectivity index (χ4n) is 4.03. The van der Waals surface area contributed by atoms with E-state index in [4.69, 9.17) is 33.7 Å². The van der Waals surface area contributed by atoms with Gasteiger partial charge < -0.3 is 23.7 Å². The summed E-state index contributed by atoms with van der Waals surface area (Å²) in [7, 11) is 0. The second kappa shape index (κ2) is 12.9. The molecular formula is C28H42N2O5. The molecule has 0 amide bonds. The summed E-state index contributed by atoms with van der Waals surface area (Å²) < 4.78 is 29.5. The van der Waals surface area contributed by atoms with Crippen molar-refractivity contribution in [1.82, 2.24) is 9.97 Å². The van der Waals surface area contributed by atoms with Crippen molar-refractivity contribution in [3.8, 4) is 11.4 Å². The highest BCUT2D eigenvalue weighted by molar-refractivity contribution is 5.54. The molecule has 2 aromatic rings. The Morgan fingerprint density at radius 2 is 0.886 bits per heavy atom. The zero-order valence-corrected chi connectivity index (χ0v) is 22.2. The van der Waals surface area contributed by atoms with Gasteiger partial charge in [0.05, 0.1) is 75.6 Å². The van der Waals surface area contributed by atoms with Crippen LogP contribution in [0.3, 0.4) is 0 Å². The second-order valence-corrected chi connectivity index (χ2v) is 11.0. The van der Waals surface area contributed by atoms with Crippen molar-refractivity contribution < 1.29 is 23.7 Å². The minimum atomic E-state index is -0.178. The summed E-state index contributed by atoms with van der Waals surface area (Å²) >= 11 is 0. The lowest BCUT2D eigenvalue weighted by Gasteiger charge is -2.31. The maximum Gasteiger partial charge on any atom is 0.104 e. The standard InChI is InChI=1S/C28H42N2O5/c1-27(2,3)25-23-11-7-9-21(29-23)22-10-8-12-24(30-22)26(28(4,5)6)35-20-18-33-16-14-31-13-15-32-17-19-34-25/h7-12,25-26H,13-20H2,1-6H3/t25-,26-/m0/s1. The van der Waals surface area contributed by atoms with Crippen molar-refractivity contribution in [3.05, 3.63) is 47.8 Å². The molecule has 0 fully saturated rings. The van der Waals surface area contributed by atoms with Crippen molar-refractivity contribution in [2.75, 3.05) is 52.9 Å². The van der Waals surface area contributed by atoms with Gasteiger partial charge >= 0.3 is 0 Å². The molecule has 35 heavy (non-hydrogen) atoms. The van der Waals surface area contributed by atoms with Crippen LogP contribution >= 0.6 is 0 Å². The molecule has 2 atom stereocenters. The quantitative estimate of drug-likeness (QED) is 0.493. The highest BCUT2D eigenvalue weighted by Crippen LogP contribution is 2.37. The van der Waals surface area contributed by atoms with E-state index < -0.39 is 0 Å². The third-order valence-corrected chi connectivity index (χ3v) is 5.68. The molecule has 0 aromatic carbocycles. The van der Waals surface area contributed by atoms with Crippen molar-refractivity contribution in [2.45, 2.75) is 53.8 Å². The molecule has 3 heterocycles. The van der Waals surface area contributed by atoms with E-state index in [2.05, 4.69) is 41.5 Å². The monoisotopic (exact) mass is 486 g/mol. The predicted octanol–water partition coefficient (Wildman–Crippen LogP) is 5.41. The van der Waals surface area contributed by atoms with Crippen LogP contribution in [-0.2, 0) is 23.7 Å². The van der Waals surface area contributed by atoms with Crippen LogP contribution in [-0.4, -0.2) is 62.8 Å². The van der Waals surface area contributed by atoms with Crippen LogP contribution in [0, 0.1) is 10.8 Å². The number of hydrogen-bond donors (Lipinski definition) is 0. The Morgan fingerprint density at radius 3 is 1.23 bits per heavy atom. The summed E-state index contributed by atoms with van der Waals surface area (Å²) in [5.41, 5.74) is 3.14. The maximum absolute atomic E-state index is 6.27. The summed E-state index contributed by atoms with van der Waals surface area (Å²) in [5.74, 6) is 0. The topological polar surface area (TPSA) is 71.9 Å². The summed E-state index contributed by atoms with van der Waals surface area (Å²) in [6, 6.07) is 12.1. The molecule has 0 N–H and O–H groups in total. The lowest BCUT2D eigenvalue weighted by molar-refractivity contribution is -0.0610. The molecule has 0 aliphatic carbocycles. The lowest BCUT2D eigenvalue weighted by Crippen LogP contribution is -2.24. The number of hydrogen-bond acceptors (Lipinski definition) is 7. The van der Waals surface area contributed by atoms with Crippen LogP contribution in [0.15, 0.2) is 36.4 Å². The second-order valence-electron chi connectivity index (χ2n) is 11.0. The van der Waals surface area contributed by atoms with Gasteiger partial charge in [0.15, 0.2) is 0 Å². The predicted molar refractivity (Wildman–Crippen MR) is 136 cm³/mol.